The van der Waals surface area contributed by atoms with E-state index in [1.165, 1.54) is 0 Å². The van der Waals surface area contributed by atoms with Crippen LogP contribution >= 0.6 is 0 Å². The molecule has 148 valence electrons. The van der Waals surface area contributed by atoms with Gasteiger partial charge in [0.05, 0.1) is 17.2 Å². The first-order valence-electron chi connectivity index (χ1n) is 10.3. The van der Waals surface area contributed by atoms with Gasteiger partial charge in [0, 0.05) is 49.0 Å². The Morgan fingerprint density at radius 1 is 1.28 bits per heavy atom. The third kappa shape index (κ3) is 3.18. The normalized spacial score (nSPS) is 17.1. The fraction of sp³-hybridized carbons (Fsp3) is 0.348. The molecular formula is C23H25N5O. The van der Waals surface area contributed by atoms with Crippen LogP contribution in [0, 0.1) is 5.92 Å². The van der Waals surface area contributed by atoms with Crippen molar-refractivity contribution >= 4 is 27.8 Å². The molecule has 0 aliphatic carbocycles. The number of H-pyrrole nitrogens is 1. The number of hydrogen-bond donors (Lipinski definition) is 1. The fourth-order valence-corrected chi connectivity index (χ4v) is 4.38. The van der Waals surface area contributed by atoms with E-state index >= 15 is 0 Å². The number of aromatic amines is 1. The van der Waals surface area contributed by atoms with Crippen LogP contribution in [0.3, 0.4) is 0 Å². The Kier molecular flexibility index (Phi) is 4.34. The molecule has 0 radical (unpaired) electrons. The minimum atomic E-state index is 0.0946. The summed E-state index contributed by atoms with van der Waals surface area (Å²) < 4.78 is 2.30. The molecule has 1 unspecified atom stereocenters. The van der Waals surface area contributed by atoms with Gasteiger partial charge in [-0.1, -0.05) is 19.9 Å². The van der Waals surface area contributed by atoms with Gasteiger partial charge in [0.15, 0.2) is 0 Å². The van der Waals surface area contributed by atoms with Gasteiger partial charge in [-0.15, -0.1) is 0 Å². The number of hydrogen-bond acceptors (Lipinski definition) is 3. The molecule has 1 fully saturated rings. The molecule has 0 saturated carbocycles. The van der Waals surface area contributed by atoms with Crippen molar-refractivity contribution in [2.75, 3.05) is 13.1 Å². The van der Waals surface area contributed by atoms with Crippen molar-refractivity contribution in [2.24, 2.45) is 5.92 Å². The van der Waals surface area contributed by atoms with Gasteiger partial charge in [0.1, 0.15) is 5.82 Å². The summed E-state index contributed by atoms with van der Waals surface area (Å²) in [5, 5.41) is 1.12. The molecule has 4 aromatic rings. The second-order valence-electron chi connectivity index (χ2n) is 8.36. The number of amides is 1. The van der Waals surface area contributed by atoms with E-state index in [4.69, 9.17) is 4.98 Å². The molecule has 6 nitrogen and oxygen atoms in total. The largest absolute Gasteiger partial charge is 0.361 e. The summed E-state index contributed by atoms with van der Waals surface area (Å²) in [6.45, 7) is 6.80. The SMILES string of the molecule is CC(C)Cn1c(C2CCN(C(=O)c3ccc4cc[nH]c4c3)C2)nc2ccncc21. The Balaban J connectivity index is 1.42. The van der Waals surface area contributed by atoms with Crippen molar-refractivity contribution in [3.63, 3.8) is 0 Å². The molecular weight excluding hydrogens is 362 g/mol. The van der Waals surface area contributed by atoms with Crippen molar-refractivity contribution in [2.45, 2.75) is 32.7 Å². The number of nitrogens with zero attached hydrogens (tertiary/aromatic N) is 4. The van der Waals surface area contributed by atoms with Crippen LogP contribution in [0.15, 0.2) is 48.9 Å². The van der Waals surface area contributed by atoms with Crippen molar-refractivity contribution in [3.05, 3.63) is 60.3 Å². The molecule has 1 amide bonds. The smallest absolute Gasteiger partial charge is 0.253 e. The van der Waals surface area contributed by atoms with E-state index in [-0.39, 0.29) is 11.8 Å². The lowest BCUT2D eigenvalue weighted by molar-refractivity contribution is 0.0790. The summed E-state index contributed by atoms with van der Waals surface area (Å²) in [4.78, 5) is 27.5. The average molecular weight is 387 g/mol. The summed E-state index contributed by atoms with van der Waals surface area (Å²) in [5.74, 6) is 1.94. The standard InChI is InChI=1S/C23H25N5O/c1-15(2)13-28-21-12-24-8-6-19(21)26-22(28)18-7-10-27(14-18)23(29)17-4-3-16-5-9-25-20(16)11-17/h3-6,8-9,11-12,15,18,25H,7,10,13-14H2,1-2H3. The summed E-state index contributed by atoms with van der Waals surface area (Å²) in [5.41, 5.74) is 3.80. The van der Waals surface area contributed by atoms with Crippen LogP contribution in [0.1, 0.15) is 42.4 Å². The van der Waals surface area contributed by atoms with Gasteiger partial charge >= 0.3 is 0 Å². The number of fused-ring (bicyclic) bond motifs is 2. The minimum Gasteiger partial charge on any atom is -0.361 e. The molecule has 1 atom stereocenters. The Bertz CT molecular complexity index is 1190. The highest BCUT2D eigenvalue weighted by atomic mass is 16.2. The highest BCUT2D eigenvalue weighted by Crippen LogP contribution is 2.31. The second-order valence-corrected chi connectivity index (χ2v) is 8.36. The molecule has 0 spiro atoms. The number of aromatic nitrogens is 4. The number of benzene rings is 1. The van der Waals surface area contributed by atoms with Gasteiger partial charge in [0.2, 0.25) is 0 Å². The van der Waals surface area contributed by atoms with Crippen molar-refractivity contribution < 1.29 is 4.79 Å². The predicted molar refractivity (Wildman–Crippen MR) is 114 cm³/mol. The van der Waals surface area contributed by atoms with Crippen LogP contribution in [-0.4, -0.2) is 43.4 Å². The van der Waals surface area contributed by atoms with E-state index in [0.29, 0.717) is 12.5 Å². The first kappa shape index (κ1) is 17.9. The van der Waals surface area contributed by atoms with E-state index in [9.17, 15) is 4.79 Å². The van der Waals surface area contributed by atoms with Crippen LogP contribution in [-0.2, 0) is 6.54 Å². The molecule has 1 aliphatic heterocycles. The minimum absolute atomic E-state index is 0.0946. The van der Waals surface area contributed by atoms with Gasteiger partial charge in [0.25, 0.3) is 5.91 Å². The predicted octanol–water partition coefficient (Wildman–Crippen LogP) is 4.20. The number of carbonyl (C=O) groups is 1. The molecule has 1 aliphatic rings. The Hall–Kier alpha value is -3.15. The Labute approximate surface area is 169 Å². The van der Waals surface area contributed by atoms with Crippen molar-refractivity contribution in [1.29, 1.82) is 0 Å². The quantitative estimate of drug-likeness (QED) is 0.571. The van der Waals surface area contributed by atoms with Gasteiger partial charge in [-0.2, -0.15) is 0 Å². The van der Waals surface area contributed by atoms with E-state index in [0.717, 1.165) is 52.8 Å². The second kappa shape index (κ2) is 7.03. The molecule has 1 aromatic carbocycles. The van der Waals surface area contributed by atoms with E-state index in [1.54, 1.807) is 6.20 Å². The van der Waals surface area contributed by atoms with E-state index in [1.807, 2.05) is 47.6 Å². The lowest BCUT2D eigenvalue weighted by atomic mass is 10.1. The van der Waals surface area contributed by atoms with Crippen molar-refractivity contribution in [1.82, 2.24) is 24.4 Å². The Morgan fingerprint density at radius 3 is 3.03 bits per heavy atom. The van der Waals surface area contributed by atoms with Crippen LogP contribution < -0.4 is 0 Å². The topological polar surface area (TPSA) is 66.8 Å². The summed E-state index contributed by atoms with van der Waals surface area (Å²) in [7, 11) is 0. The number of rotatable bonds is 4. The van der Waals surface area contributed by atoms with Gasteiger partial charge in [-0.05, 0) is 42.0 Å². The summed E-state index contributed by atoms with van der Waals surface area (Å²) in [6, 6.07) is 9.86. The third-order valence-corrected chi connectivity index (χ3v) is 5.77. The summed E-state index contributed by atoms with van der Waals surface area (Å²) in [6.07, 6.45) is 6.53. The maximum atomic E-state index is 13.1. The average Bonchev–Trinajstić information content (AvgIpc) is 3.45. The number of likely N-dealkylation sites (tertiary alicyclic amines) is 1. The highest BCUT2D eigenvalue weighted by molar-refractivity contribution is 5.98. The zero-order chi connectivity index (χ0) is 20.0. The first-order valence-corrected chi connectivity index (χ1v) is 10.3. The fourth-order valence-electron chi connectivity index (χ4n) is 4.38. The molecule has 6 heteroatoms. The van der Waals surface area contributed by atoms with Gasteiger partial charge < -0.3 is 14.5 Å². The lowest BCUT2D eigenvalue weighted by Gasteiger charge is -2.18. The van der Waals surface area contributed by atoms with Crippen LogP contribution in [0.2, 0.25) is 0 Å². The third-order valence-electron chi connectivity index (χ3n) is 5.77. The maximum Gasteiger partial charge on any atom is 0.253 e. The lowest BCUT2D eigenvalue weighted by Crippen LogP contribution is -2.28. The zero-order valence-corrected chi connectivity index (χ0v) is 16.8. The molecule has 1 N–H and O–H groups in total. The molecule has 0 bridgehead atoms. The number of pyridine rings is 1. The van der Waals surface area contributed by atoms with Crippen LogP contribution in [0.25, 0.3) is 21.9 Å². The van der Waals surface area contributed by atoms with Crippen molar-refractivity contribution in [3.8, 4) is 0 Å². The van der Waals surface area contributed by atoms with Crippen LogP contribution in [0.4, 0.5) is 0 Å². The van der Waals surface area contributed by atoms with E-state index < -0.39 is 0 Å². The summed E-state index contributed by atoms with van der Waals surface area (Å²) >= 11 is 0. The number of carbonyl (C=O) groups excluding carboxylic acids is 1. The zero-order valence-electron chi connectivity index (χ0n) is 16.8. The molecule has 4 heterocycles. The van der Waals surface area contributed by atoms with Gasteiger partial charge in [-0.3, -0.25) is 9.78 Å². The number of imidazole rings is 1. The molecule has 3 aromatic heterocycles. The van der Waals surface area contributed by atoms with Crippen LogP contribution in [0.5, 0.6) is 0 Å². The monoisotopic (exact) mass is 387 g/mol. The number of nitrogens with one attached hydrogen (secondary N) is 1. The first-order chi connectivity index (χ1) is 14.1. The highest BCUT2D eigenvalue weighted by Gasteiger charge is 2.31. The molecule has 1 saturated heterocycles. The Morgan fingerprint density at radius 2 is 2.17 bits per heavy atom. The molecule has 5 rings (SSSR count). The van der Waals surface area contributed by atoms with Gasteiger partial charge in [-0.25, -0.2) is 4.98 Å². The molecule has 29 heavy (non-hydrogen) atoms. The maximum absolute atomic E-state index is 13.1. The van der Waals surface area contributed by atoms with E-state index in [2.05, 4.69) is 28.4 Å².